The molecule has 2 aromatic heterocycles. The molecule has 0 bridgehead atoms. The van der Waals surface area contributed by atoms with E-state index in [4.69, 9.17) is 4.74 Å². The van der Waals surface area contributed by atoms with Crippen molar-refractivity contribution in [3.05, 3.63) is 29.2 Å². The molecule has 6 heteroatoms. The number of carbonyl (C=O) groups is 1. The summed E-state index contributed by atoms with van der Waals surface area (Å²) in [5, 5.41) is 7.49. The van der Waals surface area contributed by atoms with Crippen molar-refractivity contribution >= 4 is 11.6 Å². The molecule has 3 heterocycles. The van der Waals surface area contributed by atoms with E-state index in [0.717, 1.165) is 30.7 Å². The van der Waals surface area contributed by atoms with Crippen LogP contribution in [0.5, 0.6) is 0 Å². The number of ether oxygens (including phenoxy) is 1. The van der Waals surface area contributed by atoms with Gasteiger partial charge in [0.1, 0.15) is 0 Å². The molecule has 24 heavy (non-hydrogen) atoms. The standard InChI is InChI=1S/C18H24N4O2/c1-12-8-13(2)22-16(19-12)9-15(21-22)17(23)20-14-10-18(24-11-14)6-4-3-5-7-18/h8-9,14H,3-7,10-11H2,1-2H3,(H,20,23)/t14-/m0/s1. The minimum atomic E-state index is -0.140. The first-order chi connectivity index (χ1) is 11.5. The zero-order chi connectivity index (χ0) is 16.7. The van der Waals surface area contributed by atoms with Crippen LogP contribution in [0.25, 0.3) is 5.65 Å². The Morgan fingerprint density at radius 1 is 1.29 bits per heavy atom. The van der Waals surface area contributed by atoms with Gasteiger partial charge in [0, 0.05) is 17.5 Å². The first-order valence-corrected chi connectivity index (χ1v) is 8.84. The summed E-state index contributed by atoms with van der Waals surface area (Å²) in [5.41, 5.74) is 3.03. The molecule has 1 spiro atoms. The number of fused-ring (bicyclic) bond motifs is 1. The maximum atomic E-state index is 12.6. The van der Waals surface area contributed by atoms with Crippen LogP contribution in [0, 0.1) is 13.8 Å². The molecule has 0 unspecified atom stereocenters. The largest absolute Gasteiger partial charge is 0.373 e. The van der Waals surface area contributed by atoms with Crippen molar-refractivity contribution in [1.29, 1.82) is 0 Å². The molecule has 6 nitrogen and oxygen atoms in total. The number of nitrogens with zero attached hydrogens (tertiary/aromatic N) is 3. The van der Waals surface area contributed by atoms with E-state index in [1.54, 1.807) is 10.6 Å². The Kier molecular flexibility index (Phi) is 3.79. The van der Waals surface area contributed by atoms with Crippen molar-refractivity contribution in [2.24, 2.45) is 0 Å². The fourth-order valence-electron chi connectivity index (χ4n) is 4.14. The predicted molar refractivity (Wildman–Crippen MR) is 90.1 cm³/mol. The average molecular weight is 328 g/mol. The van der Waals surface area contributed by atoms with Crippen LogP contribution >= 0.6 is 0 Å². The number of amides is 1. The van der Waals surface area contributed by atoms with Gasteiger partial charge in [-0.2, -0.15) is 5.10 Å². The normalized spacial score (nSPS) is 23.0. The number of nitrogens with one attached hydrogen (secondary N) is 1. The Morgan fingerprint density at radius 2 is 2.08 bits per heavy atom. The fourth-order valence-corrected chi connectivity index (χ4v) is 4.14. The second-order valence-electron chi connectivity index (χ2n) is 7.27. The molecular weight excluding hydrogens is 304 g/mol. The van der Waals surface area contributed by atoms with Crippen LogP contribution in [-0.4, -0.2) is 38.8 Å². The molecule has 128 valence electrons. The maximum absolute atomic E-state index is 12.6. The first-order valence-electron chi connectivity index (χ1n) is 8.84. The molecule has 2 fully saturated rings. The fraction of sp³-hybridized carbons (Fsp3) is 0.611. The van der Waals surface area contributed by atoms with Crippen molar-refractivity contribution in [2.45, 2.75) is 64.0 Å². The van der Waals surface area contributed by atoms with Crippen molar-refractivity contribution in [1.82, 2.24) is 19.9 Å². The zero-order valence-electron chi connectivity index (χ0n) is 14.3. The smallest absolute Gasteiger partial charge is 0.272 e. The highest BCUT2D eigenvalue weighted by atomic mass is 16.5. The van der Waals surface area contributed by atoms with Crippen LogP contribution in [0.15, 0.2) is 12.1 Å². The molecule has 2 aliphatic rings. The molecule has 1 aliphatic carbocycles. The molecule has 1 N–H and O–H groups in total. The summed E-state index contributed by atoms with van der Waals surface area (Å²) < 4.78 is 7.79. The third kappa shape index (κ3) is 2.79. The number of rotatable bonds is 2. The molecule has 1 amide bonds. The van der Waals surface area contributed by atoms with Gasteiger partial charge in [0.25, 0.3) is 5.91 Å². The van der Waals surface area contributed by atoms with Crippen LogP contribution in [0.4, 0.5) is 0 Å². The monoisotopic (exact) mass is 328 g/mol. The minimum Gasteiger partial charge on any atom is -0.373 e. The van der Waals surface area contributed by atoms with Gasteiger partial charge in [0.05, 0.1) is 18.2 Å². The van der Waals surface area contributed by atoms with Gasteiger partial charge in [-0.3, -0.25) is 4.79 Å². The van der Waals surface area contributed by atoms with E-state index >= 15 is 0 Å². The van der Waals surface area contributed by atoms with Gasteiger partial charge >= 0.3 is 0 Å². The summed E-state index contributed by atoms with van der Waals surface area (Å²) in [4.78, 5) is 17.0. The van der Waals surface area contributed by atoms with Gasteiger partial charge in [-0.25, -0.2) is 9.50 Å². The summed E-state index contributed by atoms with van der Waals surface area (Å²) in [6.45, 7) is 4.52. The Bertz CT molecular complexity index is 777. The van der Waals surface area contributed by atoms with E-state index < -0.39 is 0 Å². The number of aryl methyl sites for hydroxylation is 2. The maximum Gasteiger partial charge on any atom is 0.272 e. The molecule has 2 aromatic rings. The Balaban J connectivity index is 1.48. The van der Waals surface area contributed by atoms with Gasteiger partial charge < -0.3 is 10.1 Å². The highest BCUT2D eigenvalue weighted by Gasteiger charge is 2.41. The zero-order valence-corrected chi connectivity index (χ0v) is 14.3. The minimum absolute atomic E-state index is 0.00433. The van der Waals surface area contributed by atoms with Gasteiger partial charge in [-0.1, -0.05) is 19.3 Å². The van der Waals surface area contributed by atoms with Crippen molar-refractivity contribution < 1.29 is 9.53 Å². The van der Waals surface area contributed by atoms with Crippen LogP contribution in [-0.2, 0) is 4.74 Å². The molecule has 0 radical (unpaired) electrons. The van der Waals surface area contributed by atoms with E-state index in [9.17, 15) is 4.79 Å². The van der Waals surface area contributed by atoms with Gasteiger partial charge in [0.2, 0.25) is 0 Å². The van der Waals surface area contributed by atoms with Crippen LogP contribution in [0.1, 0.15) is 60.4 Å². The third-order valence-electron chi connectivity index (χ3n) is 5.28. The summed E-state index contributed by atoms with van der Waals surface area (Å²) in [5.74, 6) is -0.140. The van der Waals surface area contributed by atoms with Gasteiger partial charge in [0.15, 0.2) is 11.3 Å². The Labute approximate surface area is 141 Å². The van der Waals surface area contributed by atoms with E-state index in [1.807, 2.05) is 19.9 Å². The lowest BCUT2D eigenvalue weighted by Crippen LogP contribution is -2.37. The molecule has 1 aliphatic heterocycles. The van der Waals surface area contributed by atoms with E-state index in [-0.39, 0.29) is 17.6 Å². The Hall–Kier alpha value is -1.95. The Morgan fingerprint density at radius 3 is 2.88 bits per heavy atom. The number of carbonyl (C=O) groups excluding carboxylic acids is 1. The van der Waals surface area contributed by atoms with E-state index in [2.05, 4.69) is 15.4 Å². The number of aromatic nitrogens is 3. The van der Waals surface area contributed by atoms with Crippen LogP contribution in [0.3, 0.4) is 0 Å². The molecule has 1 saturated heterocycles. The van der Waals surface area contributed by atoms with E-state index in [0.29, 0.717) is 17.9 Å². The van der Waals surface area contributed by atoms with Gasteiger partial charge in [-0.15, -0.1) is 0 Å². The average Bonchev–Trinajstić information content (AvgIpc) is 3.13. The SMILES string of the molecule is Cc1cc(C)n2nc(C(=O)N[C@@H]3COC4(CCCCC4)C3)cc2n1. The lowest BCUT2D eigenvalue weighted by molar-refractivity contribution is -0.0246. The lowest BCUT2D eigenvalue weighted by Gasteiger charge is -2.32. The lowest BCUT2D eigenvalue weighted by atomic mass is 9.82. The second-order valence-corrected chi connectivity index (χ2v) is 7.27. The first kappa shape index (κ1) is 15.6. The second kappa shape index (κ2) is 5.84. The summed E-state index contributed by atoms with van der Waals surface area (Å²) in [6, 6.07) is 3.79. The molecule has 0 aromatic carbocycles. The van der Waals surface area contributed by atoms with Crippen LogP contribution < -0.4 is 5.32 Å². The summed E-state index contributed by atoms with van der Waals surface area (Å²) in [6.07, 6.45) is 6.93. The highest BCUT2D eigenvalue weighted by Crippen LogP contribution is 2.39. The van der Waals surface area contributed by atoms with Crippen LogP contribution in [0.2, 0.25) is 0 Å². The van der Waals surface area contributed by atoms with Crippen molar-refractivity contribution in [2.75, 3.05) is 6.61 Å². The summed E-state index contributed by atoms with van der Waals surface area (Å²) >= 11 is 0. The van der Waals surface area contributed by atoms with Crippen molar-refractivity contribution in [3.63, 3.8) is 0 Å². The quantitative estimate of drug-likeness (QED) is 0.920. The molecule has 1 atom stereocenters. The molecular formula is C18H24N4O2. The summed E-state index contributed by atoms with van der Waals surface area (Å²) in [7, 11) is 0. The highest BCUT2D eigenvalue weighted by molar-refractivity contribution is 5.93. The van der Waals surface area contributed by atoms with Gasteiger partial charge in [-0.05, 0) is 39.2 Å². The third-order valence-corrected chi connectivity index (χ3v) is 5.28. The number of hydrogen-bond donors (Lipinski definition) is 1. The topological polar surface area (TPSA) is 68.5 Å². The molecule has 1 saturated carbocycles. The van der Waals surface area contributed by atoms with Crippen molar-refractivity contribution in [3.8, 4) is 0 Å². The molecule has 4 rings (SSSR count). The number of hydrogen-bond acceptors (Lipinski definition) is 4. The predicted octanol–water partition coefficient (Wildman–Crippen LogP) is 2.57. The van der Waals surface area contributed by atoms with E-state index in [1.165, 1.54) is 19.3 Å².